The van der Waals surface area contributed by atoms with Gasteiger partial charge in [0.1, 0.15) is 11.6 Å². The average molecular weight is 283 g/mol. The molecule has 1 aliphatic rings. The lowest BCUT2D eigenvalue weighted by molar-refractivity contribution is 0.102. The summed E-state index contributed by atoms with van der Waals surface area (Å²) >= 11 is 5.96. The Labute approximate surface area is 116 Å². The standard InChI is InChI=1S/C14H16ClFN2O/c1-9-10(4-5-19-9)8-18-13-6-11(16)2-3-12(13)17-14(18)7-15/h2-3,6,9-10H,4-5,7-8H2,1H3. The summed E-state index contributed by atoms with van der Waals surface area (Å²) in [5, 5.41) is 0. The largest absolute Gasteiger partial charge is 0.378 e. The van der Waals surface area contributed by atoms with Gasteiger partial charge >= 0.3 is 0 Å². The summed E-state index contributed by atoms with van der Waals surface area (Å²) in [5.74, 6) is 1.31. The molecule has 0 bridgehead atoms. The van der Waals surface area contributed by atoms with Crippen molar-refractivity contribution in [3.63, 3.8) is 0 Å². The van der Waals surface area contributed by atoms with E-state index in [9.17, 15) is 4.39 Å². The van der Waals surface area contributed by atoms with Gasteiger partial charge in [0.2, 0.25) is 0 Å². The van der Waals surface area contributed by atoms with Crippen LogP contribution in [-0.2, 0) is 17.2 Å². The van der Waals surface area contributed by atoms with Crippen LogP contribution in [0.2, 0.25) is 0 Å². The van der Waals surface area contributed by atoms with E-state index in [-0.39, 0.29) is 11.9 Å². The molecule has 1 saturated heterocycles. The highest BCUT2D eigenvalue weighted by molar-refractivity contribution is 6.16. The van der Waals surface area contributed by atoms with Crippen LogP contribution < -0.4 is 0 Å². The second kappa shape index (κ2) is 5.10. The molecule has 0 N–H and O–H groups in total. The van der Waals surface area contributed by atoms with E-state index in [1.165, 1.54) is 12.1 Å². The number of alkyl halides is 1. The van der Waals surface area contributed by atoms with Crippen molar-refractivity contribution in [3.8, 4) is 0 Å². The fraction of sp³-hybridized carbons (Fsp3) is 0.500. The summed E-state index contributed by atoms with van der Waals surface area (Å²) in [7, 11) is 0. The molecule has 1 aromatic carbocycles. The van der Waals surface area contributed by atoms with Crippen LogP contribution in [-0.4, -0.2) is 22.3 Å². The lowest BCUT2D eigenvalue weighted by Crippen LogP contribution is -2.19. The Morgan fingerprint density at radius 1 is 1.53 bits per heavy atom. The molecule has 0 radical (unpaired) electrons. The molecular weight excluding hydrogens is 267 g/mol. The van der Waals surface area contributed by atoms with Crippen LogP contribution in [0.3, 0.4) is 0 Å². The molecule has 0 amide bonds. The third kappa shape index (κ3) is 2.35. The highest BCUT2D eigenvalue weighted by atomic mass is 35.5. The molecule has 2 atom stereocenters. The zero-order valence-corrected chi connectivity index (χ0v) is 11.5. The minimum atomic E-state index is -0.245. The Kier molecular flexibility index (Phi) is 3.46. The number of hydrogen-bond acceptors (Lipinski definition) is 2. The summed E-state index contributed by atoms with van der Waals surface area (Å²) in [6.45, 7) is 3.66. The minimum absolute atomic E-state index is 0.231. The molecule has 1 fully saturated rings. The van der Waals surface area contributed by atoms with Gasteiger partial charge in [0.05, 0.1) is 23.0 Å². The Morgan fingerprint density at radius 2 is 2.37 bits per heavy atom. The van der Waals surface area contributed by atoms with Crippen LogP contribution in [0.4, 0.5) is 4.39 Å². The van der Waals surface area contributed by atoms with Crippen molar-refractivity contribution < 1.29 is 9.13 Å². The lowest BCUT2D eigenvalue weighted by Gasteiger charge is -2.16. The molecule has 3 nitrogen and oxygen atoms in total. The van der Waals surface area contributed by atoms with Crippen molar-refractivity contribution in [3.05, 3.63) is 29.8 Å². The van der Waals surface area contributed by atoms with Crippen molar-refractivity contribution in [1.29, 1.82) is 0 Å². The maximum atomic E-state index is 13.4. The van der Waals surface area contributed by atoms with Crippen LogP contribution in [0.1, 0.15) is 19.2 Å². The first-order valence-electron chi connectivity index (χ1n) is 6.51. The molecule has 2 heterocycles. The molecule has 2 aromatic rings. The molecule has 102 valence electrons. The first-order valence-corrected chi connectivity index (χ1v) is 7.04. The molecule has 2 unspecified atom stereocenters. The number of ether oxygens (including phenoxy) is 1. The maximum Gasteiger partial charge on any atom is 0.125 e. The predicted molar refractivity (Wildman–Crippen MR) is 72.8 cm³/mol. The highest BCUT2D eigenvalue weighted by Crippen LogP contribution is 2.26. The number of benzene rings is 1. The smallest absolute Gasteiger partial charge is 0.125 e. The molecule has 1 aliphatic heterocycles. The molecule has 0 saturated carbocycles. The summed E-state index contributed by atoms with van der Waals surface area (Å²) < 4.78 is 21.0. The van der Waals surface area contributed by atoms with Gasteiger partial charge in [0, 0.05) is 19.1 Å². The number of imidazole rings is 1. The normalized spacial score (nSPS) is 23.3. The number of rotatable bonds is 3. The summed E-state index contributed by atoms with van der Waals surface area (Å²) in [5.41, 5.74) is 1.61. The van der Waals surface area contributed by atoms with Gasteiger partial charge in [-0.2, -0.15) is 0 Å². The Bertz CT molecular complexity index is 598. The minimum Gasteiger partial charge on any atom is -0.378 e. The van der Waals surface area contributed by atoms with Gasteiger partial charge in [-0.1, -0.05) is 0 Å². The maximum absolute atomic E-state index is 13.4. The molecule has 0 spiro atoms. The zero-order valence-electron chi connectivity index (χ0n) is 10.8. The molecule has 1 aromatic heterocycles. The summed E-state index contributed by atoms with van der Waals surface area (Å²) in [4.78, 5) is 4.46. The van der Waals surface area contributed by atoms with Gasteiger partial charge in [-0.3, -0.25) is 0 Å². The van der Waals surface area contributed by atoms with Crippen LogP contribution >= 0.6 is 11.6 Å². The molecule has 19 heavy (non-hydrogen) atoms. The second-order valence-corrected chi connectivity index (χ2v) is 5.30. The van der Waals surface area contributed by atoms with E-state index in [1.807, 2.05) is 4.57 Å². The fourth-order valence-electron chi connectivity index (χ4n) is 2.70. The lowest BCUT2D eigenvalue weighted by atomic mass is 10.0. The first kappa shape index (κ1) is 12.9. The van der Waals surface area contributed by atoms with Crippen LogP contribution in [0, 0.1) is 11.7 Å². The third-order valence-corrected chi connectivity index (χ3v) is 4.10. The van der Waals surface area contributed by atoms with Gasteiger partial charge in [-0.05, 0) is 31.5 Å². The van der Waals surface area contributed by atoms with Gasteiger partial charge < -0.3 is 9.30 Å². The van der Waals surface area contributed by atoms with Crippen molar-refractivity contribution in [2.45, 2.75) is 31.9 Å². The zero-order chi connectivity index (χ0) is 13.4. The second-order valence-electron chi connectivity index (χ2n) is 5.03. The van der Waals surface area contributed by atoms with E-state index in [2.05, 4.69) is 11.9 Å². The number of fused-ring (bicyclic) bond motifs is 1. The first-order chi connectivity index (χ1) is 9.19. The van der Waals surface area contributed by atoms with Gasteiger partial charge in [0.15, 0.2) is 0 Å². The fourth-order valence-corrected chi connectivity index (χ4v) is 2.91. The SMILES string of the molecule is CC1OCCC1Cn1c(CCl)nc2ccc(F)cc21. The number of nitrogens with zero attached hydrogens (tertiary/aromatic N) is 2. The van der Waals surface area contributed by atoms with E-state index in [0.29, 0.717) is 11.8 Å². The Balaban J connectivity index is 2.02. The molecular formula is C14H16ClFN2O. The van der Waals surface area contributed by atoms with E-state index >= 15 is 0 Å². The Hall–Kier alpha value is -1.13. The molecule has 0 aliphatic carbocycles. The molecule has 3 rings (SSSR count). The van der Waals surface area contributed by atoms with Gasteiger partial charge in [0.25, 0.3) is 0 Å². The number of halogens is 2. The van der Waals surface area contributed by atoms with E-state index < -0.39 is 0 Å². The summed E-state index contributed by atoms with van der Waals surface area (Å²) in [6.07, 6.45) is 1.26. The monoisotopic (exact) mass is 282 g/mol. The van der Waals surface area contributed by atoms with Gasteiger partial charge in [-0.25, -0.2) is 9.37 Å². The average Bonchev–Trinajstić information content (AvgIpc) is 2.95. The highest BCUT2D eigenvalue weighted by Gasteiger charge is 2.26. The van der Waals surface area contributed by atoms with Gasteiger partial charge in [-0.15, -0.1) is 11.6 Å². The van der Waals surface area contributed by atoms with Crippen molar-refractivity contribution in [2.24, 2.45) is 5.92 Å². The third-order valence-electron chi connectivity index (χ3n) is 3.86. The number of aromatic nitrogens is 2. The van der Waals surface area contributed by atoms with E-state index in [0.717, 1.165) is 36.4 Å². The van der Waals surface area contributed by atoms with Crippen molar-refractivity contribution in [2.75, 3.05) is 6.61 Å². The van der Waals surface area contributed by atoms with Crippen LogP contribution in [0.5, 0.6) is 0 Å². The van der Waals surface area contributed by atoms with E-state index in [4.69, 9.17) is 16.3 Å². The van der Waals surface area contributed by atoms with Crippen LogP contribution in [0.25, 0.3) is 11.0 Å². The topological polar surface area (TPSA) is 27.1 Å². The van der Waals surface area contributed by atoms with E-state index in [1.54, 1.807) is 6.07 Å². The van der Waals surface area contributed by atoms with Crippen LogP contribution in [0.15, 0.2) is 18.2 Å². The number of hydrogen-bond donors (Lipinski definition) is 0. The van der Waals surface area contributed by atoms with Crippen molar-refractivity contribution >= 4 is 22.6 Å². The summed E-state index contributed by atoms with van der Waals surface area (Å²) in [6, 6.07) is 4.66. The quantitative estimate of drug-likeness (QED) is 0.808. The Morgan fingerprint density at radius 3 is 3.05 bits per heavy atom. The molecule has 5 heteroatoms. The van der Waals surface area contributed by atoms with Crippen molar-refractivity contribution in [1.82, 2.24) is 9.55 Å². The predicted octanol–water partition coefficient (Wildman–Crippen LogP) is 3.34.